The third-order valence-corrected chi connectivity index (χ3v) is 5.91. The number of carbonyl (C=O) groups excluding carboxylic acids is 1. The zero-order chi connectivity index (χ0) is 16.2. The summed E-state index contributed by atoms with van der Waals surface area (Å²) in [6.07, 6.45) is 5.60. The Hall–Kier alpha value is -2.30. The summed E-state index contributed by atoms with van der Waals surface area (Å²) < 4.78 is 0. The number of benzene rings is 1. The molecule has 1 spiro atoms. The molecule has 3 N–H and O–H groups in total. The second-order valence-electron chi connectivity index (χ2n) is 7.27. The lowest BCUT2D eigenvalue weighted by Gasteiger charge is -2.64. The molecule has 2 aliphatic rings. The number of carboxylic acids is 1. The summed E-state index contributed by atoms with van der Waals surface area (Å²) in [7, 11) is 0. The average molecular weight is 312 g/mol. The number of hydrogen-bond donors (Lipinski definition) is 3. The van der Waals surface area contributed by atoms with Crippen LogP contribution in [0.1, 0.15) is 43.0 Å². The fourth-order valence-electron chi connectivity index (χ4n) is 4.57. The molecule has 1 heterocycles. The summed E-state index contributed by atoms with van der Waals surface area (Å²) in [4.78, 5) is 27.5. The Labute approximate surface area is 134 Å². The molecule has 2 fully saturated rings. The maximum Gasteiger partial charge on any atom is 0.311 e. The number of aromatic amines is 1. The van der Waals surface area contributed by atoms with Crippen molar-refractivity contribution in [2.75, 3.05) is 0 Å². The summed E-state index contributed by atoms with van der Waals surface area (Å²) in [6.45, 7) is 1.75. The van der Waals surface area contributed by atoms with Gasteiger partial charge in [-0.2, -0.15) is 0 Å². The number of carboxylic acid groups (broad SMARTS) is 1. The molecule has 5 heteroatoms. The second kappa shape index (κ2) is 4.60. The zero-order valence-electron chi connectivity index (χ0n) is 13.1. The lowest BCUT2D eigenvalue weighted by molar-refractivity contribution is -0.181. The van der Waals surface area contributed by atoms with Gasteiger partial charge in [0.25, 0.3) is 5.91 Å². The van der Waals surface area contributed by atoms with Crippen LogP contribution in [0.5, 0.6) is 0 Å². The molecule has 5 nitrogen and oxygen atoms in total. The molecule has 1 aromatic heterocycles. The zero-order valence-corrected chi connectivity index (χ0v) is 13.1. The Morgan fingerprint density at radius 2 is 2.09 bits per heavy atom. The molecule has 0 bridgehead atoms. The summed E-state index contributed by atoms with van der Waals surface area (Å²) in [5.74, 6) is -1.01. The van der Waals surface area contributed by atoms with Crippen LogP contribution in [0, 0.1) is 10.8 Å². The first-order chi connectivity index (χ1) is 11.0. The van der Waals surface area contributed by atoms with E-state index in [-0.39, 0.29) is 17.4 Å². The van der Waals surface area contributed by atoms with Crippen molar-refractivity contribution < 1.29 is 14.7 Å². The number of nitrogens with one attached hydrogen (secondary N) is 2. The molecule has 1 amide bonds. The Morgan fingerprint density at radius 1 is 1.30 bits per heavy atom. The third kappa shape index (κ3) is 1.85. The van der Waals surface area contributed by atoms with Crippen molar-refractivity contribution in [3.05, 3.63) is 36.0 Å². The van der Waals surface area contributed by atoms with Gasteiger partial charge in [-0.3, -0.25) is 9.59 Å². The molecular formula is C18H20N2O3. The highest BCUT2D eigenvalue weighted by molar-refractivity contribution is 6.06. The van der Waals surface area contributed by atoms with E-state index in [0.29, 0.717) is 12.0 Å². The number of carbonyl (C=O) groups is 2. The first kappa shape index (κ1) is 14.3. The minimum atomic E-state index is -0.861. The highest BCUT2D eigenvalue weighted by atomic mass is 16.4. The van der Waals surface area contributed by atoms with E-state index in [1.165, 1.54) is 0 Å². The van der Waals surface area contributed by atoms with Crippen LogP contribution in [0.2, 0.25) is 0 Å². The summed E-state index contributed by atoms with van der Waals surface area (Å²) in [6, 6.07) is 7.20. The number of para-hydroxylation sites is 1. The van der Waals surface area contributed by atoms with Crippen LogP contribution in [-0.2, 0) is 4.79 Å². The molecule has 23 heavy (non-hydrogen) atoms. The van der Waals surface area contributed by atoms with Crippen LogP contribution in [0.4, 0.5) is 0 Å². The lowest BCUT2D eigenvalue weighted by Crippen LogP contribution is -2.71. The van der Waals surface area contributed by atoms with E-state index < -0.39 is 11.4 Å². The molecule has 4 rings (SSSR count). The number of hydrogen-bond acceptors (Lipinski definition) is 2. The van der Waals surface area contributed by atoms with Gasteiger partial charge in [-0.05, 0) is 43.7 Å². The van der Waals surface area contributed by atoms with Gasteiger partial charge >= 0.3 is 5.97 Å². The first-order valence-electron chi connectivity index (χ1n) is 8.07. The van der Waals surface area contributed by atoms with Crippen molar-refractivity contribution in [3.63, 3.8) is 0 Å². The van der Waals surface area contributed by atoms with Gasteiger partial charge < -0.3 is 15.4 Å². The van der Waals surface area contributed by atoms with Crippen molar-refractivity contribution in [1.82, 2.24) is 10.3 Å². The highest BCUT2D eigenvalue weighted by Gasteiger charge is 2.67. The molecule has 2 unspecified atom stereocenters. The smallest absolute Gasteiger partial charge is 0.311 e. The van der Waals surface area contributed by atoms with Crippen LogP contribution in [0.15, 0.2) is 30.5 Å². The molecule has 120 valence electrons. The fourth-order valence-corrected chi connectivity index (χ4v) is 4.57. The maximum absolute atomic E-state index is 12.8. The molecule has 2 atom stereocenters. The molecule has 0 radical (unpaired) electrons. The maximum atomic E-state index is 12.8. The van der Waals surface area contributed by atoms with Crippen molar-refractivity contribution in [2.24, 2.45) is 10.8 Å². The standard InChI is InChI=1S/C18H20N2O3/c1-17(16(22)23)10-18(7-3-8-18)15(17)20-14(21)12-5-2-4-11-6-9-19-13(11)12/h2,4-6,9,15,19H,3,7-8,10H2,1H3,(H,20,21)(H,22,23). The Balaban J connectivity index is 1.64. The van der Waals surface area contributed by atoms with E-state index in [4.69, 9.17) is 0 Å². The van der Waals surface area contributed by atoms with Crippen LogP contribution in [-0.4, -0.2) is 28.0 Å². The van der Waals surface area contributed by atoms with Crippen molar-refractivity contribution in [3.8, 4) is 0 Å². The van der Waals surface area contributed by atoms with Gasteiger partial charge in [-0.1, -0.05) is 18.6 Å². The number of aliphatic carboxylic acids is 1. The van der Waals surface area contributed by atoms with E-state index >= 15 is 0 Å². The monoisotopic (exact) mass is 312 g/mol. The van der Waals surface area contributed by atoms with E-state index in [1.54, 1.807) is 19.2 Å². The summed E-state index contributed by atoms with van der Waals surface area (Å²) >= 11 is 0. The topological polar surface area (TPSA) is 82.2 Å². The quantitative estimate of drug-likeness (QED) is 0.815. The molecule has 2 aliphatic carbocycles. The third-order valence-electron chi connectivity index (χ3n) is 5.91. The molecular weight excluding hydrogens is 292 g/mol. The van der Waals surface area contributed by atoms with E-state index in [0.717, 1.165) is 30.2 Å². The van der Waals surface area contributed by atoms with Gasteiger partial charge in [0, 0.05) is 11.6 Å². The van der Waals surface area contributed by atoms with Crippen molar-refractivity contribution in [1.29, 1.82) is 0 Å². The van der Waals surface area contributed by atoms with Gasteiger partial charge in [0.1, 0.15) is 0 Å². The second-order valence-corrected chi connectivity index (χ2v) is 7.27. The van der Waals surface area contributed by atoms with Crippen LogP contribution in [0.3, 0.4) is 0 Å². The molecule has 0 saturated heterocycles. The number of aromatic nitrogens is 1. The predicted molar refractivity (Wildman–Crippen MR) is 86.2 cm³/mol. The predicted octanol–water partition coefficient (Wildman–Crippen LogP) is 2.93. The number of fused-ring (bicyclic) bond motifs is 1. The van der Waals surface area contributed by atoms with Crippen LogP contribution in [0.25, 0.3) is 10.9 Å². The SMILES string of the molecule is CC1(C(=O)O)CC2(CCC2)C1NC(=O)c1cccc2cc[nH]c12. The first-order valence-corrected chi connectivity index (χ1v) is 8.07. The van der Waals surface area contributed by atoms with Gasteiger partial charge in [0.2, 0.25) is 0 Å². The number of H-pyrrole nitrogens is 1. The largest absolute Gasteiger partial charge is 0.481 e. The lowest BCUT2D eigenvalue weighted by atomic mass is 9.42. The van der Waals surface area contributed by atoms with E-state index in [9.17, 15) is 14.7 Å². The number of rotatable bonds is 3. The fraction of sp³-hybridized carbons (Fsp3) is 0.444. The minimum Gasteiger partial charge on any atom is -0.481 e. The minimum absolute atomic E-state index is 0.00751. The molecule has 2 aromatic rings. The summed E-state index contributed by atoms with van der Waals surface area (Å²) in [5.41, 5.74) is 0.497. The molecule has 0 aliphatic heterocycles. The molecule has 1 aromatic carbocycles. The van der Waals surface area contributed by atoms with Crippen LogP contribution < -0.4 is 5.32 Å². The van der Waals surface area contributed by atoms with Gasteiger partial charge in [-0.15, -0.1) is 0 Å². The van der Waals surface area contributed by atoms with Crippen molar-refractivity contribution >= 4 is 22.8 Å². The Morgan fingerprint density at radius 3 is 2.74 bits per heavy atom. The Kier molecular flexibility index (Phi) is 2.86. The van der Waals surface area contributed by atoms with E-state index in [1.807, 2.05) is 18.2 Å². The average Bonchev–Trinajstić information content (AvgIpc) is 2.95. The summed E-state index contributed by atoms with van der Waals surface area (Å²) in [5, 5.41) is 13.6. The highest BCUT2D eigenvalue weighted by Crippen LogP contribution is 2.64. The molecule has 2 saturated carbocycles. The normalized spacial score (nSPS) is 28.1. The van der Waals surface area contributed by atoms with Gasteiger partial charge in [0.15, 0.2) is 0 Å². The van der Waals surface area contributed by atoms with Gasteiger partial charge in [-0.25, -0.2) is 0 Å². The number of amides is 1. The van der Waals surface area contributed by atoms with Gasteiger partial charge in [0.05, 0.1) is 22.5 Å². The Bertz CT molecular complexity index is 805. The van der Waals surface area contributed by atoms with Crippen molar-refractivity contribution in [2.45, 2.75) is 38.6 Å². The van der Waals surface area contributed by atoms with Crippen LogP contribution >= 0.6 is 0 Å². The van der Waals surface area contributed by atoms with E-state index in [2.05, 4.69) is 10.3 Å².